The molecule has 0 bridgehead atoms. The number of likely N-dealkylation sites (N-methyl/N-ethyl adjacent to an activating group) is 1. The summed E-state index contributed by atoms with van der Waals surface area (Å²) in [4.78, 5) is 14.7. The minimum absolute atomic E-state index is 0. The predicted octanol–water partition coefficient (Wildman–Crippen LogP) is 2.10. The number of ether oxygens (including phenoxy) is 1. The molecule has 3 rings (SSSR count). The van der Waals surface area contributed by atoms with Crippen molar-refractivity contribution in [1.29, 1.82) is 0 Å². The van der Waals surface area contributed by atoms with Crippen molar-refractivity contribution >= 4 is 30.7 Å². The van der Waals surface area contributed by atoms with E-state index in [1.165, 1.54) is 12.8 Å². The third kappa shape index (κ3) is 5.74. The number of para-hydroxylation sites is 1. The van der Waals surface area contributed by atoms with Crippen molar-refractivity contribution in [2.45, 2.75) is 25.3 Å². The molecule has 1 atom stereocenters. The quantitative estimate of drug-likeness (QED) is 0.757. The van der Waals surface area contributed by atoms with Crippen LogP contribution < -0.4 is 15.4 Å². The zero-order valence-electron chi connectivity index (χ0n) is 14.7. The SMILES string of the molecule is CN1CC2(CCNCC2)CC1C(=O)NCCOc1ccccc1.Cl.Cl. The van der Waals surface area contributed by atoms with Crippen molar-refractivity contribution in [2.24, 2.45) is 5.41 Å². The first-order chi connectivity index (χ1) is 11.2. The average molecular weight is 390 g/mol. The number of carbonyl (C=O) groups is 1. The van der Waals surface area contributed by atoms with Crippen LogP contribution in [0.5, 0.6) is 5.75 Å². The van der Waals surface area contributed by atoms with Crippen molar-refractivity contribution in [3.8, 4) is 5.75 Å². The highest BCUT2D eigenvalue weighted by Crippen LogP contribution is 2.41. The molecule has 1 spiro atoms. The van der Waals surface area contributed by atoms with Gasteiger partial charge in [-0.05, 0) is 56.9 Å². The number of likely N-dealkylation sites (tertiary alicyclic amines) is 1. The number of amides is 1. The third-order valence-electron chi connectivity index (χ3n) is 5.12. The molecule has 0 saturated carbocycles. The lowest BCUT2D eigenvalue weighted by Gasteiger charge is -2.33. The molecule has 0 aliphatic carbocycles. The fourth-order valence-electron chi connectivity index (χ4n) is 3.86. The zero-order chi connectivity index (χ0) is 16.1. The van der Waals surface area contributed by atoms with Crippen LogP contribution in [0.15, 0.2) is 30.3 Å². The molecule has 1 unspecified atom stereocenters. The van der Waals surface area contributed by atoms with Gasteiger partial charge in [0.25, 0.3) is 0 Å². The Balaban J connectivity index is 0.00000156. The molecule has 0 radical (unpaired) electrons. The van der Waals surface area contributed by atoms with E-state index in [-0.39, 0.29) is 36.8 Å². The molecule has 2 heterocycles. The van der Waals surface area contributed by atoms with E-state index in [2.05, 4.69) is 22.6 Å². The number of carbonyl (C=O) groups excluding carboxylic acids is 1. The highest BCUT2D eigenvalue weighted by atomic mass is 35.5. The Hall–Kier alpha value is -1.01. The van der Waals surface area contributed by atoms with E-state index in [9.17, 15) is 4.79 Å². The molecular formula is C18H29Cl2N3O2. The van der Waals surface area contributed by atoms with E-state index in [1.807, 2.05) is 30.3 Å². The van der Waals surface area contributed by atoms with E-state index < -0.39 is 0 Å². The van der Waals surface area contributed by atoms with Gasteiger partial charge in [0, 0.05) is 6.54 Å². The van der Waals surface area contributed by atoms with E-state index >= 15 is 0 Å². The normalized spacial score (nSPS) is 21.9. The van der Waals surface area contributed by atoms with E-state index in [0.29, 0.717) is 18.6 Å². The summed E-state index contributed by atoms with van der Waals surface area (Å²) in [6, 6.07) is 9.70. The zero-order valence-corrected chi connectivity index (χ0v) is 16.3. The Labute approximate surface area is 162 Å². The van der Waals surface area contributed by atoms with Crippen LogP contribution in [0.4, 0.5) is 0 Å². The van der Waals surface area contributed by atoms with Crippen molar-refractivity contribution in [1.82, 2.24) is 15.5 Å². The largest absolute Gasteiger partial charge is 0.492 e. The summed E-state index contributed by atoms with van der Waals surface area (Å²) in [6.07, 6.45) is 3.34. The monoisotopic (exact) mass is 389 g/mol. The summed E-state index contributed by atoms with van der Waals surface area (Å²) in [6.45, 7) is 4.24. The summed E-state index contributed by atoms with van der Waals surface area (Å²) >= 11 is 0. The number of benzene rings is 1. The molecule has 0 aromatic heterocycles. The van der Waals surface area contributed by atoms with Gasteiger partial charge in [-0.2, -0.15) is 0 Å². The molecule has 2 aliphatic rings. The van der Waals surface area contributed by atoms with Crippen molar-refractivity contribution < 1.29 is 9.53 Å². The fourth-order valence-corrected chi connectivity index (χ4v) is 3.86. The topological polar surface area (TPSA) is 53.6 Å². The van der Waals surface area contributed by atoms with Gasteiger partial charge in [-0.15, -0.1) is 24.8 Å². The number of piperidine rings is 1. The summed E-state index contributed by atoms with van der Waals surface area (Å²) in [5.74, 6) is 0.980. The van der Waals surface area contributed by atoms with E-state index in [4.69, 9.17) is 4.74 Å². The number of hydrogen-bond donors (Lipinski definition) is 2. The lowest BCUT2D eigenvalue weighted by molar-refractivity contribution is -0.125. The van der Waals surface area contributed by atoms with Crippen LogP contribution in [-0.2, 0) is 4.79 Å². The van der Waals surface area contributed by atoms with E-state index in [1.54, 1.807) is 0 Å². The Bertz CT molecular complexity index is 524. The highest BCUT2D eigenvalue weighted by Gasteiger charge is 2.45. The molecule has 142 valence electrons. The second-order valence-electron chi connectivity index (χ2n) is 6.84. The second kappa shape index (κ2) is 10.2. The highest BCUT2D eigenvalue weighted by molar-refractivity contribution is 5.85. The summed E-state index contributed by atoms with van der Waals surface area (Å²) < 4.78 is 5.62. The van der Waals surface area contributed by atoms with Crippen molar-refractivity contribution in [2.75, 3.05) is 39.8 Å². The Kier molecular flexibility index (Phi) is 9.00. The van der Waals surface area contributed by atoms with Gasteiger partial charge in [0.05, 0.1) is 12.6 Å². The molecule has 5 nitrogen and oxygen atoms in total. The Morgan fingerprint density at radius 2 is 1.96 bits per heavy atom. The van der Waals surface area contributed by atoms with Gasteiger partial charge >= 0.3 is 0 Å². The third-order valence-corrected chi connectivity index (χ3v) is 5.12. The van der Waals surface area contributed by atoms with Gasteiger partial charge < -0.3 is 15.4 Å². The van der Waals surface area contributed by atoms with Gasteiger partial charge in [0.15, 0.2) is 0 Å². The van der Waals surface area contributed by atoms with Crippen LogP contribution in [0, 0.1) is 5.41 Å². The van der Waals surface area contributed by atoms with Crippen molar-refractivity contribution in [3.63, 3.8) is 0 Å². The first-order valence-electron chi connectivity index (χ1n) is 8.55. The summed E-state index contributed by atoms with van der Waals surface area (Å²) in [5, 5.41) is 6.44. The van der Waals surface area contributed by atoms with Gasteiger partial charge in [-0.25, -0.2) is 0 Å². The fraction of sp³-hybridized carbons (Fsp3) is 0.611. The molecule has 2 N–H and O–H groups in total. The second-order valence-corrected chi connectivity index (χ2v) is 6.84. The van der Waals surface area contributed by atoms with Crippen LogP contribution in [-0.4, -0.2) is 56.7 Å². The standard InChI is InChI=1S/C18H27N3O2.2ClH/c1-21-14-18(7-9-19-10-8-18)13-16(21)17(22)20-11-12-23-15-5-3-2-4-6-15;;/h2-6,16,19H,7-14H2,1H3,(H,20,22);2*1H. The minimum atomic E-state index is 0. The minimum Gasteiger partial charge on any atom is -0.492 e. The predicted molar refractivity (Wildman–Crippen MR) is 105 cm³/mol. The number of halogens is 2. The number of rotatable bonds is 5. The average Bonchev–Trinajstić information content (AvgIpc) is 2.89. The number of hydrogen-bond acceptors (Lipinski definition) is 4. The van der Waals surface area contributed by atoms with Gasteiger partial charge in [0.1, 0.15) is 12.4 Å². The lowest BCUT2D eigenvalue weighted by Crippen LogP contribution is -2.42. The maximum atomic E-state index is 12.5. The van der Waals surface area contributed by atoms with Gasteiger partial charge in [0.2, 0.25) is 5.91 Å². The summed E-state index contributed by atoms with van der Waals surface area (Å²) in [7, 11) is 2.07. The maximum Gasteiger partial charge on any atom is 0.237 e. The summed E-state index contributed by atoms with van der Waals surface area (Å²) in [5.41, 5.74) is 0.336. The molecule has 2 fully saturated rings. The number of nitrogens with zero attached hydrogens (tertiary/aromatic N) is 1. The first kappa shape index (κ1) is 22.0. The molecule has 2 saturated heterocycles. The van der Waals surface area contributed by atoms with Crippen LogP contribution >= 0.6 is 24.8 Å². The smallest absolute Gasteiger partial charge is 0.237 e. The van der Waals surface area contributed by atoms with Crippen LogP contribution in [0.25, 0.3) is 0 Å². The maximum absolute atomic E-state index is 12.5. The molecule has 1 amide bonds. The molecule has 7 heteroatoms. The van der Waals surface area contributed by atoms with Crippen LogP contribution in [0.2, 0.25) is 0 Å². The van der Waals surface area contributed by atoms with Crippen molar-refractivity contribution in [3.05, 3.63) is 30.3 Å². The molecule has 1 aromatic rings. The first-order valence-corrected chi connectivity index (χ1v) is 8.55. The lowest BCUT2D eigenvalue weighted by atomic mass is 9.77. The Morgan fingerprint density at radius 1 is 1.28 bits per heavy atom. The molecule has 1 aromatic carbocycles. The van der Waals surface area contributed by atoms with Crippen LogP contribution in [0.1, 0.15) is 19.3 Å². The number of nitrogens with one attached hydrogen (secondary N) is 2. The van der Waals surface area contributed by atoms with Crippen LogP contribution in [0.3, 0.4) is 0 Å². The van der Waals surface area contributed by atoms with E-state index in [0.717, 1.165) is 31.8 Å². The Morgan fingerprint density at radius 3 is 2.64 bits per heavy atom. The molecule has 25 heavy (non-hydrogen) atoms. The van der Waals surface area contributed by atoms with Gasteiger partial charge in [-0.3, -0.25) is 9.69 Å². The van der Waals surface area contributed by atoms with Gasteiger partial charge in [-0.1, -0.05) is 18.2 Å². The molecular weight excluding hydrogens is 361 g/mol. The molecule has 2 aliphatic heterocycles.